The van der Waals surface area contributed by atoms with Crippen molar-refractivity contribution in [2.75, 3.05) is 40.0 Å². The molecule has 1 fully saturated rings. The predicted molar refractivity (Wildman–Crippen MR) is 118 cm³/mol. The number of nitrogens with zero attached hydrogens (tertiary/aromatic N) is 1. The summed E-state index contributed by atoms with van der Waals surface area (Å²) in [6.45, 7) is 7.00. The summed E-state index contributed by atoms with van der Waals surface area (Å²) in [5.74, 6) is 0.820. The average Bonchev–Trinajstić information content (AvgIpc) is 2.76. The topological polar surface area (TPSA) is 64.1 Å². The minimum absolute atomic E-state index is 0.483. The molecule has 0 amide bonds. The molecule has 1 aromatic rings. The SMILES string of the molecule is CCOCCOCc1cccc(CNC(=NC)NCCCOC2CCCCC2)c1. The lowest BCUT2D eigenvalue weighted by molar-refractivity contribution is 0.0277. The van der Waals surface area contributed by atoms with Crippen molar-refractivity contribution in [3.05, 3.63) is 35.4 Å². The van der Waals surface area contributed by atoms with Crippen LogP contribution in [0.1, 0.15) is 56.6 Å². The molecule has 6 nitrogen and oxygen atoms in total. The van der Waals surface area contributed by atoms with E-state index in [0.717, 1.165) is 38.7 Å². The lowest BCUT2D eigenvalue weighted by Crippen LogP contribution is -2.37. The van der Waals surface area contributed by atoms with Gasteiger partial charge >= 0.3 is 0 Å². The number of aliphatic imine (C=N–C) groups is 1. The van der Waals surface area contributed by atoms with E-state index in [-0.39, 0.29) is 0 Å². The quantitative estimate of drug-likeness (QED) is 0.298. The third-order valence-electron chi connectivity index (χ3n) is 5.04. The molecular weight excluding hydrogens is 366 g/mol. The van der Waals surface area contributed by atoms with Crippen LogP contribution in [-0.4, -0.2) is 52.1 Å². The number of hydrogen-bond donors (Lipinski definition) is 2. The number of benzene rings is 1. The van der Waals surface area contributed by atoms with Crippen LogP contribution in [0.4, 0.5) is 0 Å². The predicted octanol–water partition coefficient (Wildman–Crippen LogP) is 3.64. The zero-order chi connectivity index (χ0) is 20.6. The largest absolute Gasteiger partial charge is 0.379 e. The molecule has 1 aliphatic carbocycles. The molecular formula is C23H39N3O3. The first-order valence-electron chi connectivity index (χ1n) is 11.1. The van der Waals surface area contributed by atoms with Gasteiger partial charge in [-0.3, -0.25) is 4.99 Å². The van der Waals surface area contributed by atoms with Crippen molar-refractivity contribution >= 4 is 5.96 Å². The van der Waals surface area contributed by atoms with Crippen LogP contribution in [0.25, 0.3) is 0 Å². The second-order valence-corrected chi connectivity index (χ2v) is 7.41. The first-order chi connectivity index (χ1) is 14.3. The molecule has 6 heteroatoms. The van der Waals surface area contributed by atoms with Crippen molar-refractivity contribution in [1.29, 1.82) is 0 Å². The lowest BCUT2D eigenvalue weighted by atomic mass is 9.98. The zero-order valence-corrected chi connectivity index (χ0v) is 18.3. The van der Waals surface area contributed by atoms with Gasteiger partial charge in [-0.25, -0.2) is 0 Å². The highest BCUT2D eigenvalue weighted by Crippen LogP contribution is 2.20. The van der Waals surface area contributed by atoms with Crippen LogP contribution in [0.15, 0.2) is 29.3 Å². The molecule has 2 N–H and O–H groups in total. The van der Waals surface area contributed by atoms with Gasteiger partial charge in [0.25, 0.3) is 0 Å². The van der Waals surface area contributed by atoms with Gasteiger partial charge in [-0.2, -0.15) is 0 Å². The molecule has 0 heterocycles. The van der Waals surface area contributed by atoms with Gasteiger partial charge in [0.05, 0.1) is 25.9 Å². The average molecular weight is 406 g/mol. The van der Waals surface area contributed by atoms with Crippen molar-refractivity contribution in [1.82, 2.24) is 10.6 Å². The van der Waals surface area contributed by atoms with Gasteiger partial charge in [-0.15, -0.1) is 0 Å². The highest BCUT2D eigenvalue weighted by molar-refractivity contribution is 5.79. The van der Waals surface area contributed by atoms with E-state index in [1.54, 1.807) is 7.05 Å². The highest BCUT2D eigenvalue weighted by Gasteiger charge is 2.12. The highest BCUT2D eigenvalue weighted by atomic mass is 16.5. The smallest absolute Gasteiger partial charge is 0.191 e. The zero-order valence-electron chi connectivity index (χ0n) is 18.3. The second kappa shape index (κ2) is 15.2. The number of ether oxygens (including phenoxy) is 3. The standard InChI is InChI=1S/C23H39N3O3/c1-3-27-15-16-28-19-21-10-7-9-20(17-21)18-26-23(24-2)25-13-8-14-29-22-11-5-4-6-12-22/h7,9-10,17,22H,3-6,8,11-16,18-19H2,1-2H3,(H2,24,25,26). The monoisotopic (exact) mass is 405 g/mol. The van der Waals surface area contributed by atoms with Crippen LogP contribution in [0.3, 0.4) is 0 Å². The van der Waals surface area contributed by atoms with E-state index in [4.69, 9.17) is 14.2 Å². The Balaban J connectivity index is 1.59. The molecule has 0 aromatic heterocycles. The molecule has 0 spiro atoms. The third kappa shape index (κ3) is 10.6. The van der Waals surface area contributed by atoms with Crippen LogP contribution in [0, 0.1) is 0 Å². The molecule has 0 aliphatic heterocycles. The molecule has 1 aliphatic rings. The molecule has 0 radical (unpaired) electrons. The van der Waals surface area contributed by atoms with E-state index < -0.39 is 0 Å². The normalized spacial score (nSPS) is 15.4. The van der Waals surface area contributed by atoms with Crippen LogP contribution in [0.5, 0.6) is 0 Å². The van der Waals surface area contributed by atoms with E-state index in [0.29, 0.717) is 25.9 Å². The van der Waals surface area contributed by atoms with E-state index in [1.165, 1.54) is 43.2 Å². The fraction of sp³-hybridized carbons (Fsp3) is 0.696. The van der Waals surface area contributed by atoms with E-state index in [9.17, 15) is 0 Å². The first kappa shape index (κ1) is 23.6. The molecule has 0 atom stereocenters. The summed E-state index contributed by atoms with van der Waals surface area (Å²) in [4.78, 5) is 4.31. The van der Waals surface area contributed by atoms with Gasteiger partial charge in [0.1, 0.15) is 0 Å². The number of nitrogens with one attached hydrogen (secondary N) is 2. The van der Waals surface area contributed by atoms with Crippen LogP contribution in [-0.2, 0) is 27.4 Å². The number of rotatable bonds is 13. The third-order valence-corrected chi connectivity index (χ3v) is 5.04. The second-order valence-electron chi connectivity index (χ2n) is 7.41. The number of hydrogen-bond acceptors (Lipinski definition) is 4. The summed E-state index contributed by atoms with van der Waals surface area (Å²) < 4.78 is 16.9. The summed E-state index contributed by atoms with van der Waals surface area (Å²) in [5, 5.41) is 6.74. The molecule has 1 aromatic carbocycles. The van der Waals surface area contributed by atoms with E-state index >= 15 is 0 Å². The number of guanidine groups is 1. The van der Waals surface area contributed by atoms with Crippen LogP contribution >= 0.6 is 0 Å². The fourth-order valence-corrected chi connectivity index (χ4v) is 3.45. The van der Waals surface area contributed by atoms with Crippen molar-refractivity contribution in [2.45, 2.75) is 64.7 Å². The Bertz CT molecular complexity index is 574. The van der Waals surface area contributed by atoms with Gasteiger partial charge < -0.3 is 24.8 Å². The summed E-state index contributed by atoms with van der Waals surface area (Å²) in [6.07, 6.45) is 7.94. The van der Waals surface area contributed by atoms with Crippen molar-refractivity contribution in [3.63, 3.8) is 0 Å². The summed E-state index contributed by atoms with van der Waals surface area (Å²) >= 11 is 0. The molecule has 2 rings (SSSR count). The lowest BCUT2D eigenvalue weighted by Gasteiger charge is -2.22. The maximum atomic E-state index is 5.97. The van der Waals surface area contributed by atoms with Crippen molar-refractivity contribution < 1.29 is 14.2 Å². The summed E-state index contributed by atoms with van der Waals surface area (Å²) in [5.41, 5.74) is 2.38. The van der Waals surface area contributed by atoms with Crippen LogP contribution in [0.2, 0.25) is 0 Å². The van der Waals surface area contributed by atoms with Crippen molar-refractivity contribution in [2.24, 2.45) is 4.99 Å². The fourth-order valence-electron chi connectivity index (χ4n) is 3.45. The Hall–Kier alpha value is -1.63. The molecule has 0 unspecified atom stereocenters. The minimum atomic E-state index is 0.483. The molecule has 164 valence electrons. The van der Waals surface area contributed by atoms with Gasteiger partial charge in [0.2, 0.25) is 0 Å². The molecule has 29 heavy (non-hydrogen) atoms. The molecule has 0 bridgehead atoms. The van der Waals surface area contributed by atoms with Crippen molar-refractivity contribution in [3.8, 4) is 0 Å². The van der Waals surface area contributed by atoms with Gasteiger partial charge in [0.15, 0.2) is 5.96 Å². The maximum absolute atomic E-state index is 5.97. The Kier molecular flexibility index (Phi) is 12.4. The summed E-state index contributed by atoms with van der Waals surface area (Å²) in [7, 11) is 1.80. The van der Waals surface area contributed by atoms with E-state index in [2.05, 4.69) is 39.9 Å². The minimum Gasteiger partial charge on any atom is -0.379 e. The van der Waals surface area contributed by atoms with E-state index in [1.807, 2.05) is 6.92 Å². The molecule has 1 saturated carbocycles. The molecule has 0 saturated heterocycles. The Morgan fingerprint density at radius 3 is 2.62 bits per heavy atom. The Morgan fingerprint density at radius 1 is 1.03 bits per heavy atom. The maximum Gasteiger partial charge on any atom is 0.191 e. The van der Waals surface area contributed by atoms with Gasteiger partial charge in [0, 0.05) is 33.4 Å². The first-order valence-corrected chi connectivity index (χ1v) is 11.1. The van der Waals surface area contributed by atoms with Crippen LogP contribution < -0.4 is 10.6 Å². The Morgan fingerprint density at radius 2 is 1.83 bits per heavy atom. The summed E-state index contributed by atoms with van der Waals surface area (Å²) in [6, 6.07) is 8.43. The van der Waals surface area contributed by atoms with Gasteiger partial charge in [-0.1, -0.05) is 43.5 Å². The van der Waals surface area contributed by atoms with Gasteiger partial charge in [-0.05, 0) is 37.3 Å². The Labute approximate surface area is 176 Å².